The van der Waals surface area contributed by atoms with Crippen LogP contribution in [0.5, 0.6) is 5.75 Å². The number of rotatable bonds is 5. The van der Waals surface area contributed by atoms with Gasteiger partial charge in [0.15, 0.2) is 0 Å². The van der Waals surface area contributed by atoms with Gasteiger partial charge in [-0.3, -0.25) is 0 Å². The van der Waals surface area contributed by atoms with Gasteiger partial charge < -0.3 is 15.2 Å². The maximum atomic E-state index is 12.2. The quantitative estimate of drug-likeness (QED) is 0.844. The summed E-state index contributed by atoms with van der Waals surface area (Å²) in [5.74, 6) is 0.173. The highest BCUT2D eigenvalue weighted by Crippen LogP contribution is 2.27. The standard InChI is InChI=1S/C20H25NO3/c1-20(2,3)24-19(23)21-17(16-11-7-8-12-18(16)22)14-13-15-9-5-4-6-10-15/h4-12,17,22H,13-14H2,1-3H3,(H,21,23)/t17-/m1/s1. The lowest BCUT2D eigenvalue weighted by molar-refractivity contribution is 0.0500. The second-order valence-electron chi connectivity index (χ2n) is 6.78. The molecule has 24 heavy (non-hydrogen) atoms. The van der Waals surface area contributed by atoms with Gasteiger partial charge in [0, 0.05) is 5.56 Å². The molecule has 0 aromatic heterocycles. The predicted molar refractivity (Wildman–Crippen MR) is 95.0 cm³/mol. The molecule has 0 spiro atoms. The third-order valence-electron chi connectivity index (χ3n) is 3.57. The number of ether oxygens (including phenoxy) is 1. The molecule has 0 aliphatic carbocycles. The Bertz CT molecular complexity index is 662. The molecule has 0 bridgehead atoms. The molecule has 0 unspecified atom stereocenters. The molecule has 1 atom stereocenters. The number of phenolic OH excluding ortho intramolecular Hbond substituents is 1. The SMILES string of the molecule is CC(C)(C)OC(=O)N[C@H](CCc1ccccc1)c1ccccc1O. The summed E-state index contributed by atoms with van der Waals surface area (Å²) >= 11 is 0. The Balaban J connectivity index is 2.12. The lowest BCUT2D eigenvalue weighted by Gasteiger charge is -2.24. The van der Waals surface area contributed by atoms with Crippen molar-refractivity contribution in [3.05, 3.63) is 65.7 Å². The zero-order valence-corrected chi connectivity index (χ0v) is 14.5. The van der Waals surface area contributed by atoms with Crippen molar-refractivity contribution in [1.82, 2.24) is 5.32 Å². The molecule has 2 aromatic carbocycles. The normalized spacial score (nSPS) is 12.5. The van der Waals surface area contributed by atoms with E-state index in [-0.39, 0.29) is 11.8 Å². The summed E-state index contributed by atoms with van der Waals surface area (Å²) in [7, 11) is 0. The molecule has 0 radical (unpaired) electrons. The van der Waals surface area contributed by atoms with Crippen molar-refractivity contribution in [2.24, 2.45) is 0 Å². The number of para-hydroxylation sites is 1. The maximum Gasteiger partial charge on any atom is 0.408 e. The van der Waals surface area contributed by atoms with E-state index in [0.29, 0.717) is 12.0 Å². The molecule has 0 saturated carbocycles. The molecule has 0 aliphatic rings. The lowest BCUT2D eigenvalue weighted by atomic mass is 9.98. The van der Waals surface area contributed by atoms with Crippen LogP contribution in [0.3, 0.4) is 0 Å². The van der Waals surface area contributed by atoms with Gasteiger partial charge in [0.1, 0.15) is 11.4 Å². The molecule has 128 valence electrons. The minimum Gasteiger partial charge on any atom is -0.508 e. The molecule has 1 amide bonds. The van der Waals surface area contributed by atoms with E-state index < -0.39 is 11.7 Å². The van der Waals surface area contributed by atoms with Gasteiger partial charge >= 0.3 is 6.09 Å². The third-order valence-corrected chi connectivity index (χ3v) is 3.57. The molecule has 0 aliphatic heterocycles. The minimum absolute atomic E-state index is 0.173. The Hall–Kier alpha value is -2.49. The Morgan fingerprint density at radius 3 is 2.33 bits per heavy atom. The lowest BCUT2D eigenvalue weighted by Crippen LogP contribution is -2.35. The van der Waals surface area contributed by atoms with Crippen LogP contribution in [-0.2, 0) is 11.2 Å². The fraction of sp³-hybridized carbons (Fsp3) is 0.350. The van der Waals surface area contributed by atoms with Gasteiger partial charge in [0.05, 0.1) is 6.04 Å². The number of hydrogen-bond donors (Lipinski definition) is 2. The summed E-state index contributed by atoms with van der Waals surface area (Å²) in [6.45, 7) is 5.47. The summed E-state index contributed by atoms with van der Waals surface area (Å²) < 4.78 is 5.35. The molecule has 0 saturated heterocycles. The van der Waals surface area contributed by atoms with Crippen molar-refractivity contribution in [2.75, 3.05) is 0 Å². The Labute approximate surface area is 143 Å². The number of amides is 1. The van der Waals surface area contributed by atoms with Gasteiger partial charge in [-0.1, -0.05) is 48.5 Å². The average Bonchev–Trinajstić information content (AvgIpc) is 2.51. The number of aromatic hydroxyl groups is 1. The van der Waals surface area contributed by atoms with Gasteiger partial charge in [-0.05, 0) is 45.2 Å². The fourth-order valence-corrected chi connectivity index (χ4v) is 2.49. The molecular formula is C20H25NO3. The minimum atomic E-state index is -0.563. The molecule has 0 heterocycles. The third kappa shape index (κ3) is 5.61. The van der Waals surface area contributed by atoms with Crippen molar-refractivity contribution in [1.29, 1.82) is 0 Å². The predicted octanol–water partition coefficient (Wildman–Crippen LogP) is 4.59. The van der Waals surface area contributed by atoms with Crippen LogP contribution >= 0.6 is 0 Å². The van der Waals surface area contributed by atoms with Crippen molar-refractivity contribution in [3.8, 4) is 5.75 Å². The Morgan fingerprint density at radius 1 is 1.08 bits per heavy atom. The number of alkyl carbamates (subject to hydrolysis) is 1. The highest BCUT2D eigenvalue weighted by Gasteiger charge is 2.22. The first-order valence-corrected chi connectivity index (χ1v) is 8.16. The van der Waals surface area contributed by atoms with Gasteiger partial charge in [-0.2, -0.15) is 0 Å². The second kappa shape index (κ2) is 7.86. The zero-order chi connectivity index (χ0) is 17.6. The van der Waals surface area contributed by atoms with Crippen LogP contribution in [-0.4, -0.2) is 16.8 Å². The van der Waals surface area contributed by atoms with Gasteiger partial charge in [0.25, 0.3) is 0 Å². The number of phenols is 1. The summed E-state index contributed by atoms with van der Waals surface area (Å²) in [5.41, 5.74) is 1.32. The molecule has 4 heteroatoms. The van der Waals surface area contributed by atoms with Crippen molar-refractivity contribution in [3.63, 3.8) is 0 Å². The number of benzene rings is 2. The molecular weight excluding hydrogens is 302 g/mol. The highest BCUT2D eigenvalue weighted by molar-refractivity contribution is 5.68. The number of carbonyl (C=O) groups is 1. The summed E-state index contributed by atoms with van der Waals surface area (Å²) in [6, 6.07) is 16.8. The van der Waals surface area contributed by atoms with Crippen LogP contribution in [0.2, 0.25) is 0 Å². The van der Waals surface area contributed by atoms with E-state index in [1.807, 2.05) is 51.1 Å². The van der Waals surface area contributed by atoms with Crippen LogP contribution < -0.4 is 5.32 Å². The Kier molecular flexibility index (Phi) is 5.85. The van der Waals surface area contributed by atoms with E-state index >= 15 is 0 Å². The summed E-state index contributed by atoms with van der Waals surface area (Å²) in [4.78, 5) is 12.2. The first kappa shape index (κ1) is 17.9. The first-order chi connectivity index (χ1) is 11.3. The average molecular weight is 327 g/mol. The fourth-order valence-electron chi connectivity index (χ4n) is 2.49. The van der Waals surface area contributed by atoms with E-state index in [2.05, 4.69) is 17.4 Å². The topological polar surface area (TPSA) is 58.6 Å². The van der Waals surface area contributed by atoms with Crippen LogP contribution in [0.4, 0.5) is 4.79 Å². The smallest absolute Gasteiger partial charge is 0.408 e. The second-order valence-corrected chi connectivity index (χ2v) is 6.78. The number of carbonyl (C=O) groups excluding carboxylic acids is 1. The number of nitrogens with one attached hydrogen (secondary N) is 1. The van der Waals surface area contributed by atoms with Crippen LogP contribution in [0.1, 0.15) is 44.4 Å². The highest BCUT2D eigenvalue weighted by atomic mass is 16.6. The first-order valence-electron chi connectivity index (χ1n) is 8.16. The van der Waals surface area contributed by atoms with Gasteiger partial charge in [-0.25, -0.2) is 4.79 Å². The van der Waals surface area contributed by atoms with Crippen LogP contribution in [0.15, 0.2) is 54.6 Å². The molecule has 0 fully saturated rings. The molecule has 2 rings (SSSR count). The van der Waals surface area contributed by atoms with Crippen molar-refractivity contribution >= 4 is 6.09 Å². The van der Waals surface area contributed by atoms with Crippen molar-refractivity contribution in [2.45, 2.75) is 45.3 Å². The Morgan fingerprint density at radius 2 is 1.71 bits per heavy atom. The van der Waals surface area contributed by atoms with Gasteiger partial charge in [0.2, 0.25) is 0 Å². The van der Waals surface area contributed by atoms with E-state index in [1.54, 1.807) is 12.1 Å². The maximum absolute atomic E-state index is 12.2. The largest absolute Gasteiger partial charge is 0.508 e. The monoisotopic (exact) mass is 327 g/mol. The van der Waals surface area contributed by atoms with Crippen molar-refractivity contribution < 1.29 is 14.6 Å². The number of aryl methyl sites for hydroxylation is 1. The zero-order valence-electron chi connectivity index (χ0n) is 14.5. The molecule has 4 nitrogen and oxygen atoms in total. The van der Waals surface area contributed by atoms with E-state index in [9.17, 15) is 9.90 Å². The molecule has 2 aromatic rings. The van der Waals surface area contributed by atoms with Crippen LogP contribution in [0.25, 0.3) is 0 Å². The summed E-state index contributed by atoms with van der Waals surface area (Å²) in [5, 5.41) is 13.0. The van der Waals surface area contributed by atoms with Crippen LogP contribution in [0, 0.1) is 0 Å². The van der Waals surface area contributed by atoms with Gasteiger partial charge in [-0.15, -0.1) is 0 Å². The number of hydrogen-bond acceptors (Lipinski definition) is 3. The summed E-state index contributed by atoms with van der Waals surface area (Å²) in [6.07, 6.45) is 0.972. The van der Waals surface area contributed by atoms with E-state index in [4.69, 9.17) is 4.74 Å². The molecule has 2 N–H and O–H groups in total. The van der Waals surface area contributed by atoms with E-state index in [1.165, 1.54) is 5.56 Å². The van der Waals surface area contributed by atoms with E-state index in [0.717, 1.165) is 6.42 Å².